The first-order chi connectivity index (χ1) is 7.69. The highest BCUT2D eigenvalue weighted by Crippen LogP contribution is 2.39. The Morgan fingerprint density at radius 3 is 2.56 bits per heavy atom. The van der Waals surface area contributed by atoms with Gasteiger partial charge in [0.1, 0.15) is 0 Å². The summed E-state index contributed by atoms with van der Waals surface area (Å²) in [4.78, 5) is 0. The zero-order valence-electron chi connectivity index (χ0n) is 11.2. The molecule has 1 saturated carbocycles. The van der Waals surface area contributed by atoms with Crippen molar-refractivity contribution in [2.45, 2.75) is 46.5 Å². The van der Waals surface area contributed by atoms with Crippen LogP contribution < -0.4 is 5.73 Å². The summed E-state index contributed by atoms with van der Waals surface area (Å²) in [7, 11) is 0. The van der Waals surface area contributed by atoms with E-state index in [1.165, 1.54) is 37.2 Å². The number of nitrogens with two attached hydrogens (primary N) is 1. The minimum atomic E-state index is 0.812. The van der Waals surface area contributed by atoms with Gasteiger partial charge in [-0.05, 0) is 67.4 Å². The third-order valence-corrected chi connectivity index (χ3v) is 5.20. The van der Waals surface area contributed by atoms with Crippen LogP contribution in [0.1, 0.15) is 46.5 Å². The molecule has 0 amide bonds. The van der Waals surface area contributed by atoms with E-state index in [1.807, 2.05) is 0 Å². The largest absolute Gasteiger partial charge is 0.330 e. The molecule has 96 valence electrons. The van der Waals surface area contributed by atoms with Crippen LogP contribution in [-0.4, -0.2) is 18.1 Å². The molecule has 1 aliphatic carbocycles. The van der Waals surface area contributed by atoms with Gasteiger partial charge < -0.3 is 5.73 Å². The lowest BCUT2D eigenvalue weighted by Gasteiger charge is -2.37. The monoisotopic (exact) mass is 243 g/mol. The quantitative estimate of drug-likeness (QED) is 0.719. The molecule has 3 unspecified atom stereocenters. The van der Waals surface area contributed by atoms with E-state index in [2.05, 4.69) is 32.5 Å². The lowest BCUT2D eigenvalue weighted by Crippen LogP contribution is -2.32. The Balaban J connectivity index is 2.40. The van der Waals surface area contributed by atoms with Crippen LogP contribution in [0.15, 0.2) is 0 Å². The van der Waals surface area contributed by atoms with E-state index < -0.39 is 0 Å². The second kappa shape index (κ2) is 7.60. The summed E-state index contributed by atoms with van der Waals surface area (Å²) in [6.07, 6.45) is 5.62. The second-order valence-electron chi connectivity index (χ2n) is 5.56. The molecule has 0 saturated heterocycles. The van der Waals surface area contributed by atoms with Gasteiger partial charge in [0.05, 0.1) is 0 Å². The van der Waals surface area contributed by atoms with Crippen LogP contribution in [0, 0.1) is 23.7 Å². The van der Waals surface area contributed by atoms with E-state index >= 15 is 0 Å². The van der Waals surface area contributed by atoms with Gasteiger partial charge in [-0.1, -0.05) is 20.8 Å². The molecule has 16 heavy (non-hydrogen) atoms. The van der Waals surface area contributed by atoms with E-state index in [0.717, 1.165) is 30.2 Å². The Hall–Kier alpha value is 0.310. The summed E-state index contributed by atoms with van der Waals surface area (Å²) in [5, 5.41) is 0. The van der Waals surface area contributed by atoms with Crippen LogP contribution in [0.25, 0.3) is 0 Å². The highest BCUT2D eigenvalue weighted by Gasteiger charge is 2.30. The second-order valence-corrected chi connectivity index (χ2v) is 6.95. The Labute approximate surface area is 106 Å². The lowest BCUT2D eigenvalue weighted by atomic mass is 9.70. The molecule has 0 aromatic heterocycles. The topological polar surface area (TPSA) is 26.0 Å². The number of rotatable bonds is 6. The van der Waals surface area contributed by atoms with Crippen molar-refractivity contribution in [2.75, 3.05) is 18.1 Å². The molecule has 0 aromatic carbocycles. The number of hydrogen-bond donors (Lipinski definition) is 1. The zero-order chi connectivity index (χ0) is 12.0. The molecule has 2 N–H and O–H groups in total. The molecule has 0 bridgehead atoms. The minimum Gasteiger partial charge on any atom is -0.330 e. The van der Waals surface area contributed by atoms with Crippen molar-refractivity contribution in [3.05, 3.63) is 0 Å². The molecule has 0 heterocycles. The van der Waals surface area contributed by atoms with Crippen LogP contribution in [0.4, 0.5) is 0 Å². The third kappa shape index (κ3) is 4.29. The van der Waals surface area contributed by atoms with Gasteiger partial charge >= 0.3 is 0 Å². The average molecular weight is 243 g/mol. The van der Waals surface area contributed by atoms with Crippen LogP contribution in [0.3, 0.4) is 0 Å². The average Bonchev–Trinajstić information content (AvgIpc) is 2.29. The molecule has 2 heteroatoms. The predicted molar refractivity (Wildman–Crippen MR) is 75.8 cm³/mol. The summed E-state index contributed by atoms with van der Waals surface area (Å²) in [5.41, 5.74) is 5.91. The van der Waals surface area contributed by atoms with Crippen molar-refractivity contribution < 1.29 is 0 Å². The fourth-order valence-corrected chi connectivity index (χ4v) is 3.77. The van der Waals surface area contributed by atoms with E-state index in [9.17, 15) is 0 Å². The Morgan fingerprint density at radius 2 is 2.00 bits per heavy atom. The molecule has 1 nitrogen and oxygen atoms in total. The minimum absolute atomic E-state index is 0.812. The first kappa shape index (κ1) is 14.4. The SMILES string of the molecule is CCSCCC1CC(C(C)C)CCC1CN. The van der Waals surface area contributed by atoms with Crippen LogP contribution in [0.5, 0.6) is 0 Å². The van der Waals surface area contributed by atoms with E-state index in [1.54, 1.807) is 0 Å². The van der Waals surface area contributed by atoms with Crippen molar-refractivity contribution in [1.82, 2.24) is 0 Å². The molecule has 0 radical (unpaired) electrons. The predicted octanol–water partition coefficient (Wildman–Crippen LogP) is 3.78. The summed E-state index contributed by atoms with van der Waals surface area (Å²) >= 11 is 2.08. The van der Waals surface area contributed by atoms with Gasteiger partial charge in [0, 0.05) is 0 Å². The standard InChI is InChI=1S/C14H29NS/c1-4-16-8-7-13-9-12(11(2)3)5-6-14(13)10-15/h11-14H,4-10,15H2,1-3H3. The molecule has 1 fully saturated rings. The Kier molecular flexibility index (Phi) is 6.83. The maximum Gasteiger partial charge on any atom is -0.00462 e. The molecule has 0 aromatic rings. The summed E-state index contributed by atoms with van der Waals surface area (Å²) < 4.78 is 0. The molecular formula is C14H29NS. The molecule has 1 aliphatic rings. The first-order valence-electron chi connectivity index (χ1n) is 6.96. The van der Waals surface area contributed by atoms with E-state index in [4.69, 9.17) is 5.73 Å². The summed E-state index contributed by atoms with van der Waals surface area (Å²) in [6.45, 7) is 7.92. The van der Waals surface area contributed by atoms with Crippen molar-refractivity contribution >= 4 is 11.8 Å². The summed E-state index contributed by atoms with van der Waals surface area (Å²) in [5.74, 6) is 6.13. The van der Waals surface area contributed by atoms with Crippen molar-refractivity contribution in [3.8, 4) is 0 Å². The Morgan fingerprint density at radius 1 is 1.25 bits per heavy atom. The van der Waals surface area contributed by atoms with Gasteiger partial charge in [0.2, 0.25) is 0 Å². The molecule has 3 atom stereocenters. The Bertz CT molecular complexity index is 182. The van der Waals surface area contributed by atoms with Crippen molar-refractivity contribution in [1.29, 1.82) is 0 Å². The van der Waals surface area contributed by atoms with Crippen LogP contribution >= 0.6 is 11.8 Å². The molecule has 1 rings (SSSR count). The van der Waals surface area contributed by atoms with Crippen molar-refractivity contribution in [3.63, 3.8) is 0 Å². The lowest BCUT2D eigenvalue weighted by molar-refractivity contribution is 0.149. The van der Waals surface area contributed by atoms with Gasteiger partial charge in [-0.3, -0.25) is 0 Å². The maximum absolute atomic E-state index is 5.91. The third-order valence-electron chi connectivity index (χ3n) is 4.26. The van der Waals surface area contributed by atoms with Crippen LogP contribution in [0.2, 0.25) is 0 Å². The highest BCUT2D eigenvalue weighted by atomic mass is 32.2. The molecular weight excluding hydrogens is 214 g/mol. The fraction of sp³-hybridized carbons (Fsp3) is 1.00. The van der Waals surface area contributed by atoms with Gasteiger partial charge in [0.25, 0.3) is 0 Å². The van der Waals surface area contributed by atoms with Gasteiger partial charge in [-0.15, -0.1) is 0 Å². The fourth-order valence-electron chi connectivity index (χ4n) is 3.01. The molecule has 0 aliphatic heterocycles. The smallest absolute Gasteiger partial charge is 0.00462 e. The number of hydrogen-bond acceptors (Lipinski definition) is 2. The first-order valence-corrected chi connectivity index (χ1v) is 8.12. The molecule has 0 spiro atoms. The van der Waals surface area contributed by atoms with Gasteiger partial charge in [0.15, 0.2) is 0 Å². The number of thioether (sulfide) groups is 1. The van der Waals surface area contributed by atoms with Gasteiger partial charge in [-0.2, -0.15) is 11.8 Å². The van der Waals surface area contributed by atoms with Gasteiger partial charge in [-0.25, -0.2) is 0 Å². The maximum atomic E-state index is 5.91. The zero-order valence-corrected chi connectivity index (χ0v) is 12.1. The van der Waals surface area contributed by atoms with E-state index in [-0.39, 0.29) is 0 Å². The normalized spacial score (nSPS) is 30.9. The van der Waals surface area contributed by atoms with Crippen LogP contribution in [-0.2, 0) is 0 Å². The van der Waals surface area contributed by atoms with E-state index in [0.29, 0.717) is 0 Å². The van der Waals surface area contributed by atoms with Crippen molar-refractivity contribution in [2.24, 2.45) is 29.4 Å². The highest BCUT2D eigenvalue weighted by molar-refractivity contribution is 7.99. The summed E-state index contributed by atoms with van der Waals surface area (Å²) in [6, 6.07) is 0.